The minimum atomic E-state index is 0.742. The number of nitrogens with zero attached hydrogens (tertiary/aromatic N) is 2. The van der Waals surface area contributed by atoms with Crippen LogP contribution in [0.1, 0.15) is 20.4 Å². The van der Waals surface area contributed by atoms with E-state index in [2.05, 4.69) is 4.98 Å². The van der Waals surface area contributed by atoms with Gasteiger partial charge in [-0.05, 0) is 21.0 Å². The number of rotatable bonds is 3. The molecule has 1 heterocycles. The SMILES string of the molecule is Cc1nc(CN(C)C)sc1C=O. The Morgan fingerprint density at radius 2 is 2.25 bits per heavy atom. The predicted molar refractivity (Wildman–Crippen MR) is 49.6 cm³/mol. The normalized spacial score (nSPS) is 10.7. The van der Waals surface area contributed by atoms with Crippen molar-refractivity contribution in [2.45, 2.75) is 13.5 Å². The van der Waals surface area contributed by atoms with Gasteiger partial charge in [0.25, 0.3) is 0 Å². The molecule has 0 aliphatic heterocycles. The summed E-state index contributed by atoms with van der Waals surface area (Å²) < 4.78 is 0. The lowest BCUT2D eigenvalue weighted by molar-refractivity contribution is 0.112. The topological polar surface area (TPSA) is 33.2 Å². The molecule has 0 aromatic carbocycles. The Bertz CT molecular complexity index is 281. The van der Waals surface area contributed by atoms with Gasteiger partial charge in [0.2, 0.25) is 0 Å². The number of hydrogen-bond acceptors (Lipinski definition) is 4. The molecule has 0 aliphatic rings. The van der Waals surface area contributed by atoms with Crippen LogP contribution in [-0.4, -0.2) is 30.3 Å². The number of aryl methyl sites for hydroxylation is 1. The summed E-state index contributed by atoms with van der Waals surface area (Å²) in [5.41, 5.74) is 0.840. The maximum absolute atomic E-state index is 10.5. The van der Waals surface area contributed by atoms with E-state index in [4.69, 9.17) is 0 Å². The molecule has 3 nitrogen and oxygen atoms in total. The predicted octanol–water partition coefficient (Wildman–Crippen LogP) is 1.33. The highest BCUT2D eigenvalue weighted by atomic mass is 32.1. The van der Waals surface area contributed by atoms with Gasteiger partial charge in [-0.3, -0.25) is 4.79 Å². The van der Waals surface area contributed by atoms with Crippen LogP contribution in [0.25, 0.3) is 0 Å². The largest absolute Gasteiger partial charge is 0.303 e. The van der Waals surface area contributed by atoms with Gasteiger partial charge >= 0.3 is 0 Å². The summed E-state index contributed by atoms with van der Waals surface area (Å²) in [4.78, 5) is 17.5. The molecule has 0 N–H and O–H groups in total. The Morgan fingerprint density at radius 1 is 1.58 bits per heavy atom. The van der Waals surface area contributed by atoms with Crippen molar-refractivity contribution in [3.05, 3.63) is 15.6 Å². The van der Waals surface area contributed by atoms with Crippen LogP contribution < -0.4 is 0 Å². The first-order valence-corrected chi connectivity index (χ1v) is 4.51. The lowest BCUT2D eigenvalue weighted by Crippen LogP contribution is -2.10. The Labute approximate surface area is 76.0 Å². The first-order chi connectivity index (χ1) is 5.63. The zero-order valence-corrected chi connectivity index (χ0v) is 8.31. The highest BCUT2D eigenvalue weighted by Gasteiger charge is 2.06. The molecule has 0 atom stereocenters. The molecule has 0 aliphatic carbocycles. The molecule has 0 bridgehead atoms. The first-order valence-electron chi connectivity index (χ1n) is 3.69. The molecule has 1 rings (SSSR count). The smallest absolute Gasteiger partial charge is 0.161 e. The molecule has 0 saturated heterocycles. The van der Waals surface area contributed by atoms with E-state index in [1.165, 1.54) is 11.3 Å². The van der Waals surface area contributed by atoms with Gasteiger partial charge in [0.05, 0.1) is 10.6 Å². The van der Waals surface area contributed by atoms with Gasteiger partial charge in [-0.2, -0.15) is 0 Å². The summed E-state index contributed by atoms with van der Waals surface area (Å²) in [6, 6.07) is 0. The van der Waals surface area contributed by atoms with Crippen molar-refractivity contribution in [2.75, 3.05) is 14.1 Å². The molecule has 0 fully saturated rings. The Hall–Kier alpha value is -0.740. The first kappa shape index (κ1) is 9.35. The average molecular weight is 184 g/mol. The van der Waals surface area contributed by atoms with Crippen LogP contribution >= 0.6 is 11.3 Å². The summed E-state index contributed by atoms with van der Waals surface area (Å²) in [5, 5.41) is 1.000. The van der Waals surface area contributed by atoms with Crippen LogP contribution in [0.5, 0.6) is 0 Å². The fraction of sp³-hybridized carbons (Fsp3) is 0.500. The third-order valence-electron chi connectivity index (χ3n) is 1.44. The summed E-state index contributed by atoms with van der Waals surface area (Å²) in [7, 11) is 3.97. The van der Waals surface area contributed by atoms with Gasteiger partial charge in [0.15, 0.2) is 6.29 Å². The van der Waals surface area contributed by atoms with E-state index < -0.39 is 0 Å². The van der Waals surface area contributed by atoms with Crippen molar-refractivity contribution in [1.82, 2.24) is 9.88 Å². The average Bonchev–Trinajstić information content (AvgIpc) is 2.29. The quantitative estimate of drug-likeness (QED) is 0.664. The van der Waals surface area contributed by atoms with Crippen LogP contribution in [0.3, 0.4) is 0 Å². The maximum atomic E-state index is 10.5. The second kappa shape index (κ2) is 3.78. The second-order valence-corrected chi connectivity index (χ2v) is 4.03. The van der Waals surface area contributed by atoms with E-state index in [0.29, 0.717) is 0 Å². The van der Waals surface area contributed by atoms with E-state index >= 15 is 0 Å². The van der Waals surface area contributed by atoms with Crippen LogP contribution in [0.4, 0.5) is 0 Å². The summed E-state index contributed by atoms with van der Waals surface area (Å²) >= 11 is 1.47. The molecule has 1 aromatic heterocycles. The minimum absolute atomic E-state index is 0.742. The van der Waals surface area contributed by atoms with Gasteiger partial charge in [-0.1, -0.05) is 0 Å². The van der Waals surface area contributed by atoms with Gasteiger partial charge in [-0.15, -0.1) is 11.3 Å². The van der Waals surface area contributed by atoms with E-state index in [0.717, 1.165) is 28.4 Å². The van der Waals surface area contributed by atoms with E-state index in [-0.39, 0.29) is 0 Å². The molecule has 0 amide bonds. The number of thiazole rings is 1. The molecule has 1 aromatic rings. The van der Waals surface area contributed by atoms with Crippen molar-refractivity contribution < 1.29 is 4.79 Å². The van der Waals surface area contributed by atoms with Gasteiger partial charge in [0.1, 0.15) is 5.01 Å². The third-order valence-corrected chi connectivity index (χ3v) is 2.50. The number of aromatic nitrogens is 1. The second-order valence-electron chi connectivity index (χ2n) is 2.91. The Morgan fingerprint density at radius 3 is 2.67 bits per heavy atom. The van der Waals surface area contributed by atoms with Crippen molar-refractivity contribution in [3.8, 4) is 0 Å². The molecule has 66 valence electrons. The summed E-state index contributed by atoms with van der Waals surface area (Å²) in [6.45, 7) is 2.67. The van der Waals surface area contributed by atoms with Crippen LogP contribution in [0.2, 0.25) is 0 Å². The fourth-order valence-electron chi connectivity index (χ4n) is 0.913. The number of carbonyl (C=O) groups is 1. The molecule has 0 saturated carbocycles. The van der Waals surface area contributed by atoms with Crippen molar-refractivity contribution >= 4 is 17.6 Å². The molecule has 4 heteroatoms. The number of aldehydes is 1. The monoisotopic (exact) mass is 184 g/mol. The zero-order valence-electron chi connectivity index (χ0n) is 7.50. The number of carbonyl (C=O) groups excluding carboxylic acids is 1. The van der Waals surface area contributed by atoms with Crippen molar-refractivity contribution in [3.63, 3.8) is 0 Å². The molecule has 0 radical (unpaired) electrons. The fourth-order valence-corrected chi connectivity index (χ4v) is 1.91. The Kier molecular flexibility index (Phi) is 2.94. The maximum Gasteiger partial charge on any atom is 0.161 e. The van der Waals surface area contributed by atoms with Crippen LogP contribution in [0, 0.1) is 6.92 Å². The van der Waals surface area contributed by atoms with Crippen LogP contribution in [0.15, 0.2) is 0 Å². The van der Waals surface area contributed by atoms with E-state index in [9.17, 15) is 4.79 Å². The van der Waals surface area contributed by atoms with E-state index in [1.54, 1.807) is 0 Å². The summed E-state index contributed by atoms with van der Waals surface area (Å²) in [6.07, 6.45) is 0.867. The molecular formula is C8H12N2OS. The third kappa shape index (κ3) is 2.12. The minimum Gasteiger partial charge on any atom is -0.303 e. The molecule has 12 heavy (non-hydrogen) atoms. The number of hydrogen-bond donors (Lipinski definition) is 0. The summed E-state index contributed by atoms with van der Waals surface area (Å²) in [5.74, 6) is 0. The zero-order chi connectivity index (χ0) is 9.14. The lowest BCUT2D eigenvalue weighted by Gasteiger charge is -2.04. The highest BCUT2D eigenvalue weighted by Crippen LogP contribution is 2.16. The molecular weight excluding hydrogens is 172 g/mol. The highest BCUT2D eigenvalue weighted by molar-refractivity contribution is 7.13. The Balaban J connectivity index is 2.82. The van der Waals surface area contributed by atoms with Crippen molar-refractivity contribution in [2.24, 2.45) is 0 Å². The molecule has 0 unspecified atom stereocenters. The van der Waals surface area contributed by atoms with Gasteiger partial charge in [-0.25, -0.2) is 4.98 Å². The molecule has 0 spiro atoms. The van der Waals surface area contributed by atoms with Crippen molar-refractivity contribution in [1.29, 1.82) is 0 Å². The van der Waals surface area contributed by atoms with Gasteiger partial charge < -0.3 is 4.90 Å². The van der Waals surface area contributed by atoms with Gasteiger partial charge in [0, 0.05) is 6.54 Å². The van der Waals surface area contributed by atoms with Crippen LogP contribution in [-0.2, 0) is 6.54 Å². The standard InChI is InChI=1S/C8H12N2OS/c1-6-7(5-11)12-8(9-6)4-10(2)3/h5H,4H2,1-3H3. The lowest BCUT2D eigenvalue weighted by atomic mass is 10.4. The van der Waals surface area contributed by atoms with E-state index in [1.807, 2.05) is 25.9 Å².